The number of benzene rings is 1. The van der Waals surface area contributed by atoms with Gasteiger partial charge in [0.1, 0.15) is 0 Å². The maximum absolute atomic E-state index is 13.0. The number of alkyl halides is 3. The molecule has 1 aliphatic rings. The van der Waals surface area contributed by atoms with E-state index in [0.717, 1.165) is 49.2 Å². The van der Waals surface area contributed by atoms with Crippen LogP contribution in [0.4, 0.5) is 13.2 Å². The summed E-state index contributed by atoms with van der Waals surface area (Å²) in [6.45, 7) is 1.65. The number of ether oxygens (including phenoxy) is 3. The second kappa shape index (κ2) is 11.7. The number of para-hydroxylation sites is 1. The van der Waals surface area contributed by atoms with Crippen molar-refractivity contribution in [3.8, 4) is 23.1 Å². The van der Waals surface area contributed by atoms with E-state index in [0.29, 0.717) is 42.7 Å². The number of aromatic nitrogens is 3. The van der Waals surface area contributed by atoms with E-state index in [1.54, 1.807) is 22.9 Å². The lowest BCUT2D eigenvalue weighted by molar-refractivity contribution is -0.138. The van der Waals surface area contributed by atoms with Gasteiger partial charge in [-0.1, -0.05) is 25.3 Å². The molecule has 2 heterocycles. The van der Waals surface area contributed by atoms with Gasteiger partial charge in [0.15, 0.2) is 17.3 Å². The van der Waals surface area contributed by atoms with Crippen LogP contribution in [-0.4, -0.2) is 34.5 Å². The molecule has 2 aromatic heterocycles. The molecule has 1 saturated carbocycles. The number of carbonyl (C=O) groups is 1. The number of halogens is 3. The van der Waals surface area contributed by atoms with Gasteiger partial charge in [-0.25, -0.2) is 9.67 Å². The minimum absolute atomic E-state index is 0.288. The molecule has 198 valence electrons. The number of nitrogens with zero attached hydrogens (tertiary/aromatic N) is 3. The molecule has 7 nitrogen and oxygen atoms in total. The number of pyridine rings is 1. The van der Waals surface area contributed by atoms with Crippen molar-refractivity contribution in [1.29, 1.82) is 0 Å². The van der Waals surface area contributed by atoms with E-state index in [4.69, 9.17) is 19.3 Å². The molecule has 0 spiro atoms. The monoisotopic (exact) mass is 517 g/mol. The Balaban J connectivity index is 1.50. The molecule has 0 amide bonds. The highest BCUT2D eigenvalue weighted by atomic mass is 19.4. The van der Waals surface area contributed by atoms with Crippen LogP contribution in [0, 0.1) is 0 Å². The standard InChI is InChI=1S/C27H30F3N3O4/c1-18(34)37-23-12-6-11-22(35-2)26(23)36-15-7-10-20-17-33(32-25(20)19-8-4-3-5-9-19)24-14-13-21(16-31-24)27(28,29)30/h6,11-14,16-17,19H,3-5,7-10,15H2,1-2H3. The molecule has 0 atom stereocenters. The van der Waals surface area contributed by atoms with Crippen molar-refractivity contribution in [2.45, 2.75) is 64.0 Å². The second-order valence-corrected chi connectivity index (χ2v) is 9.06. The van der Waals surface area contributed by atoms with Gasteiger partial charge in [-0.3, -0.25) is 4.79 Å². The average molecular weight is 518 g/mol. The summed E-state index contributed by atoms with van der Waals surface area (Å²) in [6.07, 6.45) is 5.08. The Kier molecular flexibility index (Phi) is 8.35. The summed E-state index contributed by atoms with van der Waals surface area (Å²) in [5.74, 6) is 1.30. The number of rotatable bonds is 9. The van der Waals surface area contributed by atoms with Crippen LogP contribution in [0.25, 0.3) is 5.82 Å². The van der Waals surface area contributed by atoms with Crippen molar-refractivity contribution in [2.24, 2.45) is 0 Å². The maximum atomic E-state index is 13.0. The van der Waals surface area contributed by atoms with Crippen molar-refractivity contribution < 1.29 is 32.2 Å². The van der Waals surface area contributed by atoms with E-state index in [1.165, 1.54) is 26.5 Å². The van der Waals surface area contributed by atoms with Gasteiger partial charge in [0.05, 0.1) is 25.0 Å². The normalized spacial score (nSPS) is 14.4. The summed E-state index contributed by atoms with van der Waals surface area (Å²) < 4.78 is 57.0. The topological polar surface area (TPSA) is 75.5 Å². The van der Waals surface area contributed by atoms with Crippen LogP contribution < -0.4 is 14.2 Å². The average Bonchev–Trinajstić information content (AvgIpc) is 3.31. The van der Waals surface area contributed by atoms with Crippen molar-refractivity contribution >= 4 is 5.97 Å². The number of hydrogen-bond acceptors (Lipinski definition) is 6. The molecule has 37 heavy (non-hydrogen) atoms. The Labute approximate surface area is 213 Å². The maximum Gasteiger partial charge on any atom is 0.417 e. The fourth-order valence-electron chi connectivity index (χ4n) is 4.61. The predicted octanol–water partition coefficient (Wildman–Crippen LogP) is 6.28. The molecule has 0 bridgehead atoms. The summed E-state index contributed by atoms with van der Waals surface area (Å²) in [4.78, 5) is 15.5. The zero-order chi connectivity index (χ0) is 26.4. The van der Waals surface area contributed by atoms with Gasteiger partial charge in [-0.2, -0.15) is 18.3 Å². The zero-order valence-corrected chi connectivity index (χ0v) is 20.9. The zero-order valence-electron chi connectivity index (χ0n) is 20.9. The van der Waals surface area contributed by atoms with E-state index < -0.39 is 17.7 Å². The Hall–Kier alpha value is -3.56. The molecule has 0 aliphatic heterocycles. The summed E-state index contributed by atoms with van der Waals surface area (Å²) in [5, 5.41) is 4.76. The molecule has 1 aliphatic carbocycles. The molecule has 4 rings (SSSR count). The van der Waals surface area contributed by atoms with Crippen LogP contribution in [0.1, 0.15) is 68.2 Å². The third kappa shape index (κ3) is 6.61. The largest absolute Gasteiger partial charge is 0.493 e. The first-order chi connectivity index (χ1) is 17.8. The van der Waals surface area contributed by atoms with Crippen LogP contribution in [-0.2, 0) is 17.4 Å². The van der Waals surface area contributed by atoms with Gasteiger partial charge < -0.3 is 14.2 Å². The molecule has 0 saturated heterocycles. The van der Waals surface area contributed by atoms with E-state index in [9.17, 15) is 18.0 Å². The Morgan fingerprint density at radius 1 is 1.11 bits per heavy atom. The lowest BCUT2D eigenvalue weighted by Crippen LogP contribution is -2.09. The molecule has 1 aromatic carbocycles. The van der Waals surface area contributed by atoms with E-state index in [-0.39, 0.29) is 5.75 Å². The van der Waals surface area contributed by atoms with Crippen LogP contribution in [0.3, 0.4) is 0 Å². The molecule has 0 N–H and O–H groups in total. The molecule has 0 radical (unpaired) electrons. The lowest BCUT2D eigenvalue weighted by atomic mass is 9.85. The van der Waals surface area contributed by atoms with Gasteiger partial charge in [0, 0.05) is 25.2 Å². The molecule has 3 aromatic rings. The Bertz CT molecular complexity index is 1200. The molecular weight excluding hydrogens is 487 g/mol. The number of methoxy groups -OCH3 is 1. The molecule has 1 fully saturated rings. The predicted molar refractivity (Wildman–Crippen MR) is 130 cm³/mol. The molecule has 0 unspecified atom stereocenters. The van der Waals surface area contributed by atoms with Crippen LogP contribution in [0.15, 0.2) is 42.7 Å². The highest BCUT2D eigenvalue weighted by Crippen LogP contribution is 2.38. The number of aryl methyl sites for hydroxylation is 1. The van der Waals surface area contributed by atoms with Crippen molar-refractivity contribution in [1.82, 2.24) is 14.8 Å². The highest BCUT2D eigenvalue weighted by molar-refractivity contribution is 5.71. The van der Waals surface area contributed by atoms with Gasteiger partial charge in [-0.05, 0) is 55.5 Å². The highest BCUT2D eigenvalue weighted by Gasteiger charge is 2.31. The quantitative estimate of drug-likeness (QED) is 0.189. The van der Waals surface area contributed by atoms with Crippen LogP contribution >= 0.6 is 0 Å². The first-order valence-electron chi connectivity index (χ1n) is 12.4. The minimum Gasteiger partial charge on any atom is -0.493 e. The number of carbonyl (C=O) groups excluding carboxylic acids is 1. The van der Waals surface area contributed by atoms with Gasteiger partial charge in [-0.15, -0.1) is 0 Å². The van der Waals surface area contributed by atoms with Crippen LogP contribution in [0.2, 0.25) is 0 Å². The number of hydrogen-bond donors (Lipinski definition) is 0. The lowest BCUT2D eigenvalue weighted by Gasteiger charge is -2.21. The summed E-state index contributed by atoms with van der Waals surface area (Å²) >= 11 is 0. The fourth-order valence-corrected chi connectivity index (χ4v) is 4.61. The smallest absolute Gasteiger partial charge is 0.417 e. The van der Waals surface area contributed by atoms with Crippen molar-refractivity contribution in [3.63, 3.8) is 0 Å². The first-order valence-corrected chi connectivity index (χ1v) is 12.4. The molecular formula is C27H30F3N3O4. The van der Waals surface area contributed by atoms with Crippen molar-refractivity contribution in [2.75, 3.05) is 13.7 Å². The third-order valence-electron chi connectivity index (χ3n) is 6.38. The Morgan fingerprint density at radius 3 is 2.51 bits per heavy atom. The van der Waals surface area contributed by atoms with E-state index in [1.807, 2.05) is 6.20 Å². The summed E-state index contributed by atoms with van der Waals surface area (Å²) in [5.41, 5.74) is 1.20. The third-order valence-corrected chi connectivity index (χ3v) is 6.38. The Morgan fingerprint density at radius 2 is 1.86 bits per heavy atom. The van der Waals surface area contributed by atoms with Gasteiger partial charge in [0.25, 0.3) is 0 Å². The number of esters is 1. The fraction of sp³-hybridized carbons (Fsp3) is 0.444. The SMILES string of the molecule is COc1cccc(OC(C)=O)c1OCCCc1cn(-c2ccc(C(F)(F)F)cn2)nc1C1CCCCC1. The first kappa shape index (κ1) is 26.5. The van der Waals surface area contributed by atoms with Gasteiger partial charge in [0.2, 0.25) is 5.75 Å². The van der Waals surface area contributed by atoms with E-state index in [2.05, 4.69) is 4.98 Å². The molecule has 10 heteroatoms. The second-order valence-electron chi connectivity index (χ2n) is 9.06. The summed E-state index contributed by atoms with van der Waals surface area (Å²) in [7, 11) is 1.51. The minimum atomic E-state index is -4.44. The van der Waals surface area contributed by atoms with Gasteiger partial charge >= 0.3 is 12.1 Å². The van der Waals surface area contributed by atoms with E-state index >= 15 is 0 Å². The van der Waals surface area contributed by atoms with Crippen molar-refractivity contribution in [3.05, 3.63) is 59.5 Å². The van der Waals surface area contributed by atoms with Crippen LogP contribution in [0.5, 0.6) is 17.2 Å². The summed E-state index contributed by atoms with van der Waals surface area (Å²) in [6, 6.07) is 7.44.